The molecule has 0 spiro atoms. The van der Waals surface area contributed by atoms with Crippen LogP contribution in [-0.2, 0) is 21.2 Å². The number of amides is 1. The van der Waals surface area contributed by atoms with Gasteiger partial charge in [0.2, 0.25) is 5.91 Å². The minimum Gasteiger partial charge on any atom is -0.469 e. The smallest absolute Gasteiger partial charge is 0.252 e. The van der Waals surface area contributed by atoms with Crippen molar-refractivity contribution >= 4 is 27.3 Å². The Hall–Kier alpha value is -1.64. The second-order valence-corrected chi connectivity index (χ2v) is 7.59. The second-order valence-electron chi connectivity index (χ2n) is 4.37. The molecule has 6 nitrogen and oxygen atoms in total. The number of sulfonamides is 1. The van der Waals surface area contributed by atoms with E-state index in [0.29, 0.717) is 13.0 Å². The fraction of sp³-hybridized carbons (Fsp3) is 0.308. The lowest BCUT2D eigenvalue weighted by atomic mass is 10.3. The van der Waals surface area contributed by atoms with Gasteiger partial charge in [-0.1, -0.05) is 6.07 Å². The fourth-order valence-corrected chi connectivity index (χ4v) is 4.02. The highest BCUT2D eigenvalue weighted by atomic mass is 32.2. The van der Waals surface area contributed by atoms with Crippen LogP contribution in [-0.4, -0.2) is 38.8 Å². The van der Waals surface area contributed by atoms with Crippen molar-refractivity contribution < 1.29 is 17.6 Å². The molecule has 0 aromatic carbocycles. The first-order valence-electron chi connectivity index (χ1n) is 6.29. The van der Waals surface area contributed by atoms with Gasteiger partial charge in [-0.05, 0) is 23.6 Å². The van der Waals surface area contributed by atoms with E-state index in [1.165, 1.54) is 13.1 Å². The largest absolute Gasteiger partial charge is 0.469 e. The van der Waals surface area contributed by atoms with Crippen LogP contribution in [0.25, 0.3) is 0 Å². The van der Waals surface area contributed by atoms with Crippen molar-refractivity contribution in [3.05, 3.63) is 41.7 Å². The lowest BCUT2D eigenvalue weighted by molar-refractivity contribution is -0.121. The summed E-state index contributed by atoms with van der Waals surface area (Å²) >= 11 is 1.13. The van der Waals surface area contributed by atoms with E-state index in [1.807, 2.05) is 6.07 Å². The van der Waals surface area contributed by atoms with E-state index in [0.717, 1.165) is 21.4 Å². The van der Waals surface area contributed by atoms with Crippen LogP contribution in [0.2, 0.25) is 0 Å². The Bertz CT molecular complexity index is 663. The third-order valence-corrected chi connectivity index (χ3v) is 5.98. The number of nitrogens with one attached hydrogen (secondary N) is 1. The Morgan fingerprint density at radius 2 is 2.19 bits per heavy atom. The number of rotatable bonds is 7. The van der Waals surface area contributed by atoms with Gasteiger partial charge in [-0.3, -0.25) is 4.79 Å². The third kappa shape index (κ3) is 4.16. The summed E-state index contributed by atoms with van der Waals surface area (Å²) in [5.74, 6) is 0.430. The molecular weight excluding hydrogens is 312 g/mol. The van der Waals surface area contributed by atoms with E-state index >= 15 is 0 Å². The van der Waals surface area contributed by atoms with Crippen molar-refractivity contribution in [3.63, 3.8) is 0 Å². The first-order chi connectivity index (χ1) is 10.00. The number of hydrogen-bond donors (Lipinski definition) is 1. The molecule has 0 bridgehead atoms. The van der Waals surface area contributed by atoms with Crippen molar-refractivity contribution in [2.45, 2.75) is 10.6 Å². The van der Waals surface area contributed by atoms with E-state index in [2.05, 4.69) is 5.32 Å². The molecule has 0 aliphatic rings. The van der Waals surface area contributed by atoms with Gasteiger partial charge in [0.25, 0.3) is 10.0 Å². The summed E-state index contributed by atoms with van der Waals surface area (Å²) in [5.41, 5.74) is 0. The highest BCUT2D eigenvalue weighted by Crippen LogP contribution is 2.19. The zero-order valence-corrected chi connectivity index (χ0v) is 13.1. The standard InChI is InChI=1S/C13H16N2O4S2/c1-15(21(17,18)13-5-3-9-20-13)10-12(16)14-7-6-11-4-2-8-19-11/h2-5,8-9H,6-7,10H2,1H3,(H,14,16). The number of furan rings is 1. The second kappa shape index (κ2) is 6.88. The molecule has 2 aromatic heterocycles. The normalized spacial score (nSPS) is 11.7. The van der Waals surface area contributed by atoms with Gasteiger partial charge < -0.3 is 9.73 Å². The number of carbonyl (C=O) groups is 1. The molecule has 0 unspecified atom stereocenters. The molecule has 0 fully saturated rings. The Labute approximate surface area is 127 Å². The minimum absolute atomic E-state index is 0.210. The first kappa shape index (κ1) is 15.7. The molecule has 2 rings (SSSR count). The molecule has 0 radical (unpaired) electrons. The predicted molar refractivity (Wildman–Crippen MR) is 79.6 cm³/mol. The van der Waals surface area contributed by atoms with Crippen molar-refractivity contribution in [2.24, 2.45) is 0 Å². The quantitative estimate of drug-likeness (QED) is 0.831. The molecule has 0 atom stereocenters. The van der Waals surface area contributed by atoms with Crippen LogP contribution < -0.4 is 5.32 Å². The SMILES string of the molecule is CN(CC(=O)NCCc1ccco1)S(=O)(=O)c1cccs1. The molecule has 2 aromatic rings. The van der Waals surface area contributed by atoms with E-state index in [-0.39, 0.29) is 16.7 Å². The van der Waals surface area contributed by atoms with Crippen LogP contribution in [0, 0.1) is 0 Å². The van der Waals surface area contributed by atoms with E-state index in [9.17, 15) is 13.2 Å². The zero-order chi connectivity index (χ0) is 15.3. The van der Waals surface area contributed by atoms with E-state index in [4.69, 9.17) is 4.42 Å². The van der Waals surface area contributed by atoms with Crippen LogP contribution in [0.1, 0.15) is 5.76 Å². The number of thiophene rings is 1. The fourth-order valence-electron chi connectivity index (χ4n) is 1.69. The summed E-state index contributed by atoms with van der Waals surface area (Å²) in [6.07, 6.45) is 2.14. The van der Waals surface area contributed by atoms with Gasteiger partial charge in [0.05, 0.1) is 12.8 Å². The third-order valence-electron chi connectivity index (χ3n) is 2.80. The van der Waals surface area contributed by atoms with E-state index in [1.54, 1.807) is 23.8 Å². The maximum absolute atomic E-state index is 12.1. The van der Waals surface area contributed by atoms with Gasteiger partial charge in [0, 0.05) is 20.0 Å². The summed E-state index contributed by atoms with van der Waals surface area (Å²) in [4.78, 5) is 11.8. The lowest BCUT2D eigenvalue weighted by Crippen LogP contribution is -2.38. The van der Waals surface area contributed by atoms with Crippen LogP contribution in [0.4, 0.5) is 0 Å². The van der Waals surface area contributed by atoms with Crippen molar-refractivity contribution in [1.29, 1.82) is 0 Å². The Morgan fingerprint density at radius 1 is 1.38 bits per heavy atom. The van der Waals surface area contributed by atoms with Crippen LogP contribution >= 0.6 is 11.3 Å². The summed E-state index contributed by atoms with van der Waals surface area (Å²) in [5, 5.41) is 4.35. The molecule has 0 aliphatic carbocycles. The summed E-state index contributed by atoms with van der Waals surface area (Å²) in [6.45, 7) is 0.192. The molecule has 0 saturated carbocycles. The molecule has 1 amide bonds. The average Bonchev–Trinajstić information content (AvgIpc) is 3.12. The number of nitrogens with zero attached hydrogens (tertiary/aromatic N) is 1. The molecule has 0 saturated heterocycles. The maximum atomic E-state index is 12.1. The topological polar surface area (TPSA) is 79.6 Å². The van der Waals surface area contributed by atoms with Crippen LogP contribution in [0.3, 0.4) is 0 Å². The number of likely N-dealkylation sites (N-methyl/N-ethyl adjacent to an activating group) is 1. The predicted octanol–water partition coefficient (Wildman–Crippen LogP) is 1.32. The van der Waals surface area contributed by atoms with Gasteiger partial charge in [-0.15, -0.1) is 11.3 Å². The van der Waals surface area contributed by atoms with Crippen molar-refractivity contribution in [1.82, 2.24) is 9.62 Å². The molecular formula is C13H16N2O4S2. The van der Waals surface area contributed by atoms with Crippen LogP contribution in [0.5, 0.6) is 0 Å². The zero-order valence-electron chi connectivity index (χ0n) is 11.5. The van der Waals surface area contributed by atoms with Gasteiger partial charge in [-0.25, -0.2) is 8.42 Å². The summed E-state index contributed by atoms with van der Waals surface area (Å²) < 4.78 is 30.7. The molecule has 114 valence electrons. The monoisotopic (exact) mass is 328 g/mol. The van der Waals surface area contributed by atoms with Gasteiger partial charge in [0.15, 0.2) is 0 Å². The molecule has 21 heavy (non-hydrogen) atoms. The highest BCUT2D eigenvalue weighted by Gasteiger charge is 2.23. The Balaban J connectivity index is 1.82. The lowest BCUT2D eigenvalue weighted by Gasteiger charge is -2.15. The minimum atomic E-state index is -3.59. The Kier molecular flexibility index (Phi) is 5.16. The van der Waals surface area contributed by atoms with Gasteiger partial charge in [0.1, 0.15) is 9.97 Å². The van der Waals surface area contributed by atoms with Crippen molar-refractivity contribution in [3.8, 4) is 0 Å². The molecule has 2 heterocycles. The number of carbonyl (C=O) groups excluding carboxylic acids is 1. The van der Waals surface area contributed by atoms with Crippen molar-refractivity contribution in [2.75, 3.05) is 20.1 Å². The van der Waals surface area contributed by atoms with Gasteiger partial charge in [-0.2, -0.15) is 4.31 Å². The van der Waals surface area contributed by atoms with Gasteiger partial charge >= 0.3 is 0 Å². The summed E-state index contributed by atoms with van der Waals surface area (Å²) in [6, 6.07) is 6.78. The molecule has 0 aliphatic heterocycles. The first-order valence-corrected chi connectivity index (χ1v) is 8.61. The average molecular weight is 328 g/mol. The maximum Gasteiger partial charge on any atom is 0.252 e. The van der Waals surface area contributed by atoms with E-state index < -0.39 is 10.0 Å². The summed E-state index contributed by atoms with van der Waals surface area (Å²) in [7, 11) is -2.20. The highest BCUT2D eigenvalue weighted by molar-refractivity contribution is 7.91. The Morgan fingerprint density at radius 3 is 2.81 bits per heavy atom. The molecule has 8 heteroatoms. The number of hydrogen-bond acceptors (Lipinski definition) is 5. The van der Waals surface area contributed by atoms with Crippen LogP contribution in [0.15, 0.2) is 44.5 Å². The molecule has 1 N–H and O–H groups in total.